The molecule has 94 valence electrons. The van der Waals surface area contributed by atoms with Gasteiger partial charge >= 0.3 is 6.18 Å². The first-order chi connectivity index (χ1) is 7.98. The number of hydrogen-bond donors (Lipinski definition) is 1. The van der Waals surface area contributed by atoms with E-state index in [-0.39, 0.29) is 5.56 Å². The molecule has 0 unspecified atom stereocenters. The van der Waals surface area contributed by atoms with E-state index in [0.717, 1.165) is 31.9 Å². The van der Waals surface area contributed by atoms with E-state index >= 15 is 0 Å². The van der Waals surface area contributed by atoms with Crippen molar-refractivity contribution in [3.8, 4) is 0 Å². The van der Waals surface area contributed by atoms with Gasteiger partial charge in [0.15, 0.2) is 0 Å². The number of anilines is 1. The number of nitrogens with one attached hydrogen (secondary N) is 1. The van der Waals surface area contributed by atoms with Gasteiger partial charge in [0.05, 0.1) is 5.56 Å². The maximum absolute atomic E-state index is 12.6. The van der Waals surface area contributed by atoms with Crippen molar-refractivity contribution in [1.82, 2.24) is 5.32 Å². The highest BCUT2D eigenvalue weighted by molar-refractivity contribution is 5.51. The van der Waals surface area contributed by atoms with Gasteiger partial charge in [0.2, 0.25) is 0 Å². The van der Waals surface area contributed by atoms with E-state index in [4.69, 9.17) is 0 Å². The van der Waals surface area contributed by atoms with Crippen molar-refractivity contribution in [3.63, 3.8) is 0 Å². The SMILES string of the molecule is Cc1cc(N2CCNCC2)ccc1C(F)(F)F. The molecule has 1 N–H and O–H groups in total. The molecule has 5 heteroatoms. The maximum atomic E-state index is 12.6. The number of rotatable bonds is 1. The number of benzene rings is 1. The van der Waals surface area contributed by atoms with E-state index in [1.807, 2.05) is 0 Å². The standard InChI is InChI=1S/C12H15F3N2/c1-9-8-10(17-6-4-16-5-7-17)2-3-11(9)12(13,14)15/h2-3,8,16H,4-7H2,1H3. The summed E-state index contributed by atoms with van der Waals surface area (Å²) in [6.45, 7) is 4.93. The van der Waals surface area contributed by atoms with Gasteiger partial charge in [-0.2, -0.15) is 13.2 Å². The summed E-state index contributed by atoms with van der Waals surface area (Å²) in [7, 11) is 0. The first-order valence-electron chi connectivity index (χ1n) is 5.62. The second-order valence-electron chi connectivity index (χ2n) is 4.23. The van der Waals surface area contributed by atoms with Crippen LogP contribution in [0.5, 0.6) is 0 Å². The zero-order chi connectivity index (χ0) is 12.5. The molecule has 0 atom stereocenters. The third-order valence-electron chi connectivity index (χ3n) is 3.00. The molecule has 2 nitrogen and oxygen atoms in total. The monoisotopic (exact) mass is 244 g/mol. The minimum absolute atomic E-state index is 0.286. The Balaban J connectivity index is 2.24. The molecule has 0 spiro atoms. The summed E-state index contributed by atoms with van der Waals surface area (Å²) in [5.74, 6) is 0. The lowest BCUT2D eigenvalue weighted by Crippen LogP contribution is -2.43. The molecule has 0 bridgehead atoms. The highest BCUT2D eigenvalue weighted by atomic mass is 19.4. The Hall–Kier alpha value is -1.23. The van der Waals surface area contributed by atoms with Gasteiger partial charge < -0.3 is 10.2 Å². The number of halogens is 3. The second-order valence-corrected chi connectivity index (χ2v) is 4.23. The maximum Gasteiger partial charge on any atom is 0.416 e. The van der Waals surface area contributed by atoms with E-state index in [1.54, 1.807) is 12.1 Å². The molecule has 1 aromatic rings. The van der Waals surface area contributed by atoms with Gasteiger partial charge in [0.1, 0.15) is 0 Å². The number of alkyl halides is 3. The largest absolute Gasteiger partial charge is 0.416 e. The molecule has 0 aliphatic carbocycles. The number of piperazine rings is 1. The van der Waals surface area contributed by atoms with Crippen molar-refractivity contribution in [1.29, 1.82) is 0 Å². The van der Waals surface area contributed by atoms with E-state index < -0.39 is 11.7 Å². The van der Waals surface area contributed by atoms with Crippen molar-refractivity contribution >= 4 is 5.69 Å². The van der Waals surface area contributed by atoms with Crippen LogP contribution in [-0.2, 0) is 6.18 Å². The van der Waals surface area contributed by atoms with Crippen LogP contribution in [0.1, 0.15) is 11.1 Å². The predicted molar refractivity (Wildman–Crippen MR) is 61.3 cm³/mol. The van der Waals surface area contributed by atoms with Crippen LogP contribution in [0.3, 0.4) is 0 Å². The third kappa shape index (κ3) is 2.72. The quantitative estimate of drug-likeness (QED) is 0.816. The number of hydrogen-bond acceptors (Lipinski definition) is 2. The van der Waals surface area contributed by atoms with Crippen LogP contribution >= 0.6 is 0 Å². The van der Waals surface area contributed by atoms with E-state index in [9.17, 15) is 13.2 Å². The van der Waals surface area contributed by atoms with Gasteiger partial charge in [-0.05, 0) is 30.7 Å². The van der Waals surface area contributed by atoms with Gasteiger partial charge in [-0.1, -0.05) is 0 Å². The molecule has 0 saturated carbocycles. The van der Waals surface area contributed by atoms with Crippen molar-refractivity contribution in [2.75, 3.05) is 31.1 Å². The van der Waals surface area contributed by atoms with Crippen LogP contribution in [0.4, 0.5) is 18.9 Å². The first kappa shape index (κ1) is 12.2. The molecule has 1 aromatic carbocycles. The average Bonchev–Trinajstić information content (AvgIpc) is 2.28. The molecule has 1 fully saturated rings. The highest BCUT2D eigenvalue weighted by Gasteiger charge is 2.32. The van der Waals surface area contributed by atoms with Gasteiger partial charge in [0.25, 0.3) is 0 Å². The van der Waals surface area contributed by atoms with Crippen LogP contribution in [0.25, 0.3) is 0 Å². The van der Waals surface area contributed by atoms with Gasteiger partial charge in [-0.25, -0.2) is 0 Å². The zero-order valence-electron chi connectivity index (χ0n) is 9.64. The Morgan fingerprint density at radius 3 is 2.35 bits per heavy atom. The van der Waals surface area contributed by atoms with Crippen molar-refractivity contribution in [2.45, 2.75) is 13.1 Å². The van der Waals surface area contributed by atoms with E-state index in [0.29, 0.717) is 0 Å². The molecule has 0 amide bonds. The molecule has 17 heavy (non-hydrogen) atoms. The topological polar surface area (TPSA) is 15.3 Å². The van der Waals surface area contributed by atoms with Gasteiger partial charge in [0, 0.05) is 31.9 Å². The summed E-state index contributed by atoms with van der Waals surface area (Å²) in [6.07, 6.45) is -4.26. The minimum Gasteiger partial charge on any atom is -0.369 e. The van der Waals surface area contributed by atoms with Crippen molar-refractivity contribution in [2.24, 2.45) is 0 Å². The van der Waals surface area contributed by atoms with E-state index in [1.165, 1.54) is 13.0 Å². The molecule has 1 saturated heterocycles. The number of aryl methyl sites for hydroxylation is 1. The Morgan fingerprint density at radius 2 is 1.82 bits per heavy atom. The Kier molecular flexibility index (Phi) is 3.28. The first-order valence-corrected chi connectivity index (χ1v) is 5.62. The molecule has 2 rings (SSSR count). The Labute approximate surface area is 98.4 Å². The Bertz CT molecular complexity index is 395. The van der Waals surface area contributed by atoms with Crippen LogP contribution in [0.2, 0.25) is 0 Å². The molecule has 0 aromatic heterocycles. The third-order valence-corrected chi connectivity index (χ3v) is 3.00. The van der Waals surface area contributed by atoms with Gasteiger partial charge in [-0.3, -0.25) is 0 Å². The summed E-state index contributed by atoms with van der Waals surface area (Å²) in [5.41, 5.74) is 0.613. The van der Waals surface area contributed by atoms with Crippen LogP contribution in [0, 0.1) is 6.92 Å². The Morgan fingerprint density at radius 1 is 1.18 bits per heavy atom. The van der Waals surface area contributed by atoms with E-state index in [2.05, 4.69) is 10.2 Å². The van der Waals surface area contributed by atoms with Crippen LogP contribution < -0.4 is 10.2 Å². The summed E-state index contributed by atoms with van der Waals surface area (Å²) < 4.78 is 37.8. The summed E-state index contributed by atoms with van der Waals surface area (Å²) >= 11 is 0. The van der Waals surface area contributed by atoms with Crippen molar-refractivity contribution < 1.29 is 13.2 Å². The molecular formula is C12H15F3N2. The number of nitrogens with zero attached hydrogens (tertiary/aromatic N) is 1. The fourth-order valence-electron chi connectivity index (χ4n) is 2.09. The van der Waals surface area contributed by atoms with Gasteiger partial charge in [-0.15, -0.1) is 0 Å². The highest BCUT2D eigenvalue weighted by Crippen LogP contribution is 2.33. The normalized spacial score (nSPS) is 17.3. The predicted octanol–water partition coefficient (Wildman–Crippen LogP) is 2.42. The summed E-state index contributed by atoms with van der Waals surface area (Å²) in [4.78, 5) is 2.10. The molecule has 1 aliphatic heterocycles. The molecule has 1 heterocycles. The molecular weight excluding hydrogens is 229 g/mol. The average molecular weight is 244 g/mol. The lowest BCUT2D eigenvalue weighted by atomic mass is 10.1. The lowest BCUT2D eigenvalue weighted by Gasteiger charge is -2.30. The summed E-state index contributed by atoms with van der Waals surface area (Å²) in [5, 5.41) is 3.21. The van der Waals surface area contributed by atoms with Crippen molar-refractivity contribution in [3.05, 3.63) is 29.3 Å². The summed E-state index contributed by atoms with van der Waals surface area (Å²) in [6, 6.07) is 4.35. The molecule has 0 radical (unpaired) electrons. The zero-order valence-corrected chi connectivity index (χ0v) is 9.64. The molecule has 1 aliphatic rings. The fraction of sp³-hybridized carbons (Fsp3) is 0.500. The minimum atomic E-state index is -4.26. The fourth-order valence-corrected chi connectivity index (χ4v) is 2.09. The van der Waals surface area contributed by atoms with Crippen LogP contribution in [0.15, 0.2) is 18.2 Å². The van der Waals surface area contributed by atoms with Crippen LogP contribution in [-0.4, -0.2) is 26.2 Å². The smallest absolute Gasteiger partial charge is 0.369 e. The second kappa shape index (κ2) is 4.56. The lowest BCUT2D eigenvalue weighted by molar-refractivity contribution is -0.138.